The first-order valence-electron chi connectivity index (χ1n) is 12.1. The molecule has 4 rings (SSSR count). The van der Waals surface area contributed by atoms with E-state index < -0.39 is 16.1 Å². The lowest BCUT2D eigenvalue weighted by Crippen LogP contribution is -2.49. The Labute approximate surface area is 207 Å². The Morgan fingerprint density at radius 1 is 0.971 bits per heavy atom. The third kappa shape index (κ3) is 5.67. The Morgan fingerprint density at radius 2 is 1.63 bits per heavy atom. The third-order valence-corrected chi connectivity index (χ3v) is 8.84. The highest BCUT2D eigenvalue weighted by atomic mass is 32.2. The van der Waals surface area contributed by atoms with Gasteiger partial charge in [-0.15, -0.1) is 0 Å². The predicted octanol–water partition coefficient (Wildman–Crippen LogP) is 2.71. The summed E-state index contributed by atoms with van der Waals surface area (Å²) in [4.78, 5) is 28.1. The molecule has 0 aliphatic carbocycles. The number of piperidine rings is 1. The number of nitrogens with zero attached hydrogens (tertiary/aromatic N) is 2. The average Bonchev–Trinajstić information content (AvgIpc) is 3.37. The maximum atomic E-state index is 13.3. The number of carbonyl (C=O) groups excluding carboxylic acids is 2. The van der Waals surface area contributed by atoms with Crippen LogP contribution in [0.2, 0.25) is 0 Å². The van der Waals surface area contributed by atoms with E-state index in [0.717, 1.165) is 23.3 Å². The number of hydrogen-bond donors (Lipinski definition) is 1. The van der Waals surface area contributed by atoms with E-state index in [-0.39, 0.29) is 22.6 Å². The maximum absolute atomic E-state index is 13.3. The number of sulfonamides is 1. The molecule has 2 amide bonds. The minimum absolute atomic E-state index is 0.0421. The van der Waals surface area contributed by atoms with Crippen LogP contribution in [0, 0.1) is 12.8 Å². The molecule has 0 bridgehead atoms. The van der Waals surface area contributed by atoms with Crippen LogP contribution in [0.3, 0.4) is 0 Å². The highest BCUT2D eigenvalue weighted by molar-refractivity contribution is 7.89. The van der Waals surface area contributed by atoms with Crippen LogP contribution in [-0.4, -0.2) is 62.2 Å². The number of nitrogens with one attached hydrogen (secondary N) is 1. The van der Waals surface area contributed by atoms with Gasteiger partial charge in [-0.3, -0.25) is 9.59 Å². The molecule has 8 nitrogen and oxygen atoms in total. The molecule has 2 fully saturated rings. The molecule has 0 spiro atoms. The summed E-state index contributed by atoms with van der Waals surface area (Å²) in [5, 5.41) is 2.95. The topological polar surface area (TPSA) is 96.0 Å². The summed E-state index contributed by atoms with van der Waals surface area (Å²) in [5.74, 6) is 0.297. The largest absolute Gasteiger partial charge is 0.497 e. The first kappa shape index (κ1) is 25.2. The quantitative estimate of drug-likeness (QED) is 0.632. The molecule has 188 valence electrons. The van der Waals surface area contributed by atoms with E-state index in [2.05, 4.69) is 5.32 Å². The van der Waals surface area contributed by atoms with Crippen LogP contribution in [0.25, 0.3) is 0 Å². The summed E-state index contributed by atoms with van der Waals surface area (Å²) >= 11 is 0. The molecule has 2 aliphatic heterocycles. The number of amides is 2. The van der Waals surface area contributed by atoms with Gasteiger partial charge in [0.2, 0.25) is 21.8 Å². The Hall–Kier alpha value is -2.91. The number of rotatable bonds is 7. The van der Waals surface area contributed by atoms with Crippen molar-refractivity contribution < 1.29 is 22.7 Å². The minimum Gasteiger partial charge on any atom is -0.497 e. The van der Waals surface area contributed by atoms with Gasteiger partial charge in [-0.1, -0.05) is 29.8 Å². The normalized spacial score (nSPS) is 19.5. The first-order valence-corrected chi connectivity index (χ1v) is 13.5. The van der Waals surface area contributed by atoms with E-state index >= 15 is 0 Å². The first-order chi connectivity index (χ1) is 16.8. The minimum atomic E-state index is -3.57. The standard InChI is InChI=1S/C26H33N3O5S/c1-19-5-11-23(12-6-19)35(32,33)28-16-13-21(14-17-28)26(31)29-15-3-4-24(29)25(30)27-18-20-7-9-22(34-2)10-8-20/h5-12,21,24H,3-4,13-18H2,1-2H3,(H,27,30). The molecular formula is C26H33N3O5S. The van der Waals surface area contributed by atoms with Crippen molar-refractivity contribution in [2.75, 3.05) is 26.7 Å². The SMILES string of the molecule is COc1ccc(CNC(=O)C2CCCN2C(=O)C2CCN(S(=O)(=O)c3ccc(C)cc3)CC2)cc1. The molecule has 2 heterocycles. The smallest absolute Gasteiger partial charge is 0.243 e. The molecule has 0 aromatic heterocycles. The van der Waals surface area contributed by atoms with E-state index in [9.17, 15) is 18.0 Å². The van der Waals surface area contributed by atoms with E-state index in [1.54, 1.807) is 36.3 Å². The van der Waals surface area contributed by atoms with Crippen molar-refractivity contribution in [3.8, 4) is 5.75 Å². The number of likely N-dealkylation sites (tertiary alicyclic amines) is 1. The van der Waals surface area contributed by atoms with Crippen LogP contribution in [-0.2, 0) is 26.2 Å². The summed E-state index contributed by atoms with van der Waals surface area (Å²) < 4.78 is 32.6. The predicted molar refractivity (Wildman–Crippen MR) is 132 cm³/mol. The summed E-state index contributed by atoms with van der Waals surface area (Å²) in [7, 11) is -1.97. The Morgan fingerprint density at radius 3 is 2.26 bits per heavy atom. The van der Waals surface area contributed by atoms with Crippen LogP contribution in [0.15, 0.2) is 53.4 Å². The molecule has 2 aromatic carbocycles. The second kappa shape index (κ2) is 10.8. The summed E-state index contributed by atoms with van der Waals surface area (Å²) in [6, 6.07) is 13.8. The highest BCUT2D eigenvalue weighted by Crippen LogP contribution is 2.28. The van der Waals surface area contributed by atoms with Gasteiger partial charge < -0.3 is 15.0 Å². The lowest BCUT2D eigenvalue weighted by atomic mass is 9.96. The fourth-order valence-corrected chi connectivity index (χ4v) is 6.26. The van der Waals surface area contributed by atoms with E-state index in [1.807, 2.05) is 31.2 Å². The number of hydrogen-bond acceptors (Lipinski definition) is 5. The fourth-order valence-electron chi connectivity index (χ4n) is 4.79. The van der Waals surface area contributed by atoms with Gasteiger partial charge in [0.1, 0.15) is 11.8 Å². The van der Waals surface area contributed by atoms with E-state index in [0.29, 0.717) is 45.4 Å². The van der Waals surface area contributed by atoms with Gasteiger partial charge in [-0.25, -0.2) is 8.42 Å². The Bertz CT molecular complexity index is 1140. The molecule has 1 atom stereocenters. The van der Waals surface area contributed by atoms with Crippen molar-refractivity contribution in [3.63, 3.8) is 0 Å². The molecule has 35 heavy (non-hydrogen) atoms. The van der Waals surface area contributed by atoms with Crippen molar-refractivity contribution in [2.45, 2.75) is 50.1 Å². The zero-order valence-corrected chi connectivity index (χ0v) is 21.1. The fraction of sp³-hybridized carbons (Fsp3) is 0.462. The Kier molecular flexibility index (Phi) is 7.76. The zero-order valence-electron chi connectivity index (χ0n) is 20.3. The molecule has 0 saturated carbocycles. The number of benzene rings is 2. The van der Waals surface area contributed by atoms with Crippen molar-refractivity contribution in [3.05, 3.63) is 59.7 Å². The van der Waals surface area contributed by atoms with Gasteiger partial charge in [-0.2, -0.15) is 4.31 Å². The van der Waals surface area contributed by atoms with Crippen LogP contribution in [0.4, 0.5) is 0 Å². The van der Waals surface area contributed by atoms with Gasteiger partial charge in [0.15, 0.2) is 0 Å². The van der Waals surface area contributed by atoms with Crippen molar-refractivity contribution >= 4 is 21.8 Å². The van der Waals surface area contributed by atoms with Gasteiger partial charge in [0.05, 0.1) is 12.0 Å². The molecular weight excluding hydrogens is 466 g/mol. The van der Waals surface area contributed by atoms with Crippen LogP contribution in [0.5, 0.6) is 5.75 Å². The molecule has 1 unspecified atom stereocenters. The number of methoxy groups -OCH3 is 1. The molecule has 2 saturated heterocycles. The molecule has 9 heteroatoms. The van der Waals surface area contributed by atoms with Gasteiger partial charge >= 0.3 is 0 Å². The lowest BCUT2D eigenvalue weighted by Gasteiger charge is -2.34. The van der Waals surface area contributed by atoms with E-state index in [4.69, 9.17) is 4.74 Å². The van der Waals surface area contributed by atoms with Crippen LogP contribution >= 0.6 is 0 Å². The number of aryl methyl sites for hydroxylation is 1. The average molecular weight is 500 g/mol. The highest BCUT2D eigenvalue weighted by Gasteiger charge is 2.39. The third-order valence-electron chi connectivity index (χ3n) is 6.93. The maximum Gasteiger partial charge on any atom is 0.243 e. The van der Waals surface area contributed by atoms with Crippen LogP contribution < -0.4 is 10.1 Å². The monoisotopic (exact) mass is 499 g/mol. The molecule has 2 aliphatic rings. The summed E-state index contributed by atoms with van der Waals surface area (Å²) in [6.07, 6.45) is 2.34. The Balaban J connectivity index is 1.32. The second-order valence-electron chi connectivity index (χ2n) is 9.25. The van der Waals surface area contributed by atoms with Gasteiger partial charge in [0.25, 0.3) is 0 Å². The van der Waals surface area contributed by atoms with Crippen molar-refractivity contribution in [2.24, 2.45) is 5.92 Å². The summed E-state index contributed by atoms with van der Waals surface area (Å²) in [5.41, 5.74) is 1.96. The zero-order chi connectivity index (χ0) is 25.0. The van der Waals surface area contributed by atoms with Gasteiger partial charge in [0, 0.05) is 32.1 Å². The number of ether oxygens (including phenoxy) is 1. The second-order valence-corrected chi connectivity index (χ2v) is 11.2. The van der Waals surface area contributed by atoms with Gasteiger partial charge in [-0.05, 0) is 62.4 Å². The van der Waals surface area contributed by atoms with Crippen molar-refractivity contribution in [1.82, 2.24) is 14.5 Å². The molecule has 1 N–H and O–H groups in total. The van der Waals surface area contributed by atoms with Crippen molar-refractivity contribution in [1.29, 1.82) is 0 Å². The molecule has 0 radical (unpaired) electrons. The van der Waals surface area contributed by atoms with Crippen LogP contribution in [0.1, 0.15) is 36.8 Å². The lowest BCUT2D eigenvalue weighted by molar-refractivity contribution is -0.142. The molecule has 2 aromatic rings. The summed E-state index contributed by atoms with van der Waals surface area (Å²) in [6.45, 7) is 3.46. The number of carbonyl (C=O) groups is 2. The van der Waals surface area contributed by atoms with E-state index in [1.165, 1.54) is 4.31 Å².